The zero-order valence-corrected chi connectivity index (χ0v) is 10.4. The molecule has 2 aliphatic heterocycles. The summed E-state index contributed by atoms with van der Waals surface area (Å²) in [7, 11) is 2.33. The molecule has 0 aromatic carbocycles. The van der Waals surface area contributed by atoms with E-state index in [-0.39, 0.29) is 0 Å². The topological polar surface area (TPSA) is 15.3 Å². The molecule has 0 saturated carbocycles. The van der Waals surface area contributed by atoms with Gasteiger partial charge in [-0.1, -0.05) is 6.92 Å². The Bertz CT molecular complexity index is 199. The van der Waals surface area contributed by atoms with Crippen molar-refractivity contribution in [3.05, 3.63) is 0 Å². The molecule has 0 aromatic rings. The Morgan fingerprint density at radius 3 is 2.60 bits per heavy atom. The maximum Gasteiger partial charge on any atom is 0.0207 e. The summed E-state index contributed by atoms with van der Waals surface area (Å²) in [6.45, 7) is 6.18. The van der Waals surface area contributed by atoms with Gasteiger partial charge in [0.1, 0.15) is 0 Å². The zero-order valence-electron chi connectivity index (χ0n) is 10.4. The van der Waals surface area contributed by atoms with Gasteiger partial charge in [-0.2, -0.15) is 0 Å². The predicted octanol–water partition coefficient (Wildman–Crippen LogP) is 2.25. The third-order valence-corrected chi connectivity index (χ3v) is 4.73. The maximum atomic E-state index is 3.47. The summed E-state index contributed by atoms with van der Waals surface area (Å²) in [6, 6.07) is 0. The zero-order chi connectivity index (χ0) is 10.7. The second kappa shape index (κ2) is 4.84. The number of hydrogen-bond donors (Lipinski definition) is 1. The van der Waals surface area contributed by atoms with Crippen molar-refractivity contribution >= 4 is 0 Å². The first-order valence-corrected chi connectivity index (χ1v) is 6.69. The van der Waals surface area contributed by atoms with Crippen LogP contribution in [0.25, 0.3) is 0 Å². The second-order valence-electron chi connectivity index (χ2n) is 5.50. The van der Waals surface area contributed by atoms with Crippen LogP contribution < -0.4 is 5.32 Å². The Morgan fingerprint density at radius 1 is 1.33 bits per heavy atom. The number of hydrogen-bond acceptors (Lipinski definition) is 2. The van der Waals surface area contributed by atoms with E-state index >= 15 is 0 Å². The minimum atomic E-state index is 0.558. The lowest BCUT2D eigenvalue weighted by Crippen LogP contribution is -2.43. The van der Waals surface area contributed by atoms with Crippen LogP contribution in [0.1, 0.15) is 45.4 Å². The molecular formula is C13H26N2. The fourth-order valence-corrected chi connectivity index (χ4v) is 3.55. The fraction of sp³-hybridized carbons (Fsp3) is 1.00. The van der Waals surface area contributed by atoms with Gasteiger partial charge in [0, 0.05) is 5.54 Å². The first kappa shape index (κ1) is 11.4. The van der Waals surface area contributed by atoms with E-state index in [4.69, 9.17) is 0 Å². The van der Waals surface area contributed by atoms with Crippen LogP contribution in [0.5, 0.6) is 0 Å². The molecule has 2 aliphatic rings. The molecule has 88 valence electrons. The first-order chi connectivity index (χ1) is 7.27. The summed E-state index contributed by atoms with van der Waals surface area (Å²) in [6.07, 6.45) is 8.43. The highest BCUT2D eigenvalue weighted by atomic mass is 15.2. The molecule has 2 saturated heterocycles. The molecule has 2 nitrogen and oxygen atoms in total. The van der Waals surface area contributed by atoms with Gasteiger partial charge in [0.15, 0.2) is 0 Å². The third-order valence-electron chi connectivity index (χ3n) is 4.73. The van der Waals surface area contributed by atoms with Crippen molar-refractivity contribution in [2.45, 2.75) is 51.0 Å². The van der Waals surface area contributed by atoms with Gasteiger partial charge in [-0.3, -0.25) is 0 Å². The minimum absolute atomic E-state index is 0.558. The van der Waals surface area contributed by atoms with Crippen LogP contribution in [0.2, 0.25) is 0 Å². The summed E-state index contributed by atoms with van der Waals surface area (Å²) in [5.74, 6) is 0.978. The number of nitrogens with one attached hydrogen (secondary N) is 1. The largest absolute Gasteiger partial charge is 0.317 e. The van der Waals surface area contributed by atoms with Crippen LogP contribution in [0.3, 0.4) is 0 Å². The van der Waals surface area contributed by atoms with E-state index in [9.17, 15) is 0 Å². The molecule has 0 aromatic heterocycles. The third kappa shape index (κ3) is 2.36. The standard InChI is InChI=1S/C13H26N2/c1-3-13(7-4-10-15(13)2)11-12-5-8-14-9-6-12/h12,14H,3-11H2,1-2H3. The highest BCUT2D eigenvalue weighted by molar-refractivity contribution is 4.95. The molecule has 1 N–H and O–H groups in total. The highest BCUT2D eigenvalue weighted by Crippen LogP contribution is 2.38. The maximum absolute atomic E-state index is 3.47. The van der Waals surface area contributed by atoms with Crippen LogP contribution in [0.4, 0.5) is 0 Å². The Kier molecular flexibility index (Phi) is 3.68. The molecule has 1 unspecified atom stereocenters. The van der Waals surface area contributed by atoms with Crippen molar-refractivity contribution < 1.29 is 0 Å². The molecule has 1 atom stereocenters. The van der Waals surface area contributed by atoms with E-state index in [1.807, 2.05) is 0 Å². The molecule has 2 fully saturated rings. The van der Waals surface area contributed by atoms with Crippen LogP contribution in [0, 0.1) is 5.92 Å². The van der Waals surface area contributed by atoms with Gasteiger partial charge in [-0.15, -0.1) is 0 Å². The van der Waals surface area contributed by atoms with E-state index in [0.717, 1.165) is 5.92 Å². The fourth-order valence-electron chi connectivity index (χ4n) is 3.55. The number of nitrogens with zero attached hydrogens (tertiary/aromatic N) is 1. The van der Waals surface area contributed by atoms with Crippen LogP contribution in [-0.4, -0.2) is 37.1 Å². The quantitative estimate of drug-likeness (QED) is 0.768. The average Bonchev–Trinajstić information content (AvgIpc) is 2.62. The summed E-state index contributed by atoms with van der Waals surface area (Å²) in [5.41, 5.74) is 0.558. The number of piperidine rings is 1. The summed E-state index contributed by atoms with van der Waals surface area (Å²) in [4.78, 5) is 2.63. The van der Waals surface area contributed by atoms with Gasteiger partial charge in [0.2, 0.25) is 0 Å². The van der Waals surface area contributed by atoms with Crippen molar-refractivity contribution in [1.29, 1.82) is 0 Å². The van der Waals surface area contributed by atoms with Crippen molar-refractivity contribution in [3.8, 4) is 0 Å². The lowest BCUT2D eigenvalue weighted by Gasteiger charge is -2.39. The molecule has 15 heavy (non-hydrogen) atoms. The smallest absolute Gasteiger partial charge is 0.0207 e. The van der Waals surface area contributed by atoms with E-state index in [0.29, 0.717) is 5.54 Å². The van der Waals surface area contributed by atoms with Gasteiger partial charge in [0.05, 0.1) is 0 Å². The Balaban J connectivity index is 1.94. The molecule has 0 radical (unpaired) electrons. The molecule has 0 spiro atoms. The molecular weight excluding hydrogens is 184 g/mol. The monoisotopic (exact) mass is 210 g/mol. The first-order valence-electron chi connectivity index (χ1n) is 6.69. The van der Waals surface area contributed by atoms with E-state index in [1.165, 1.54) is 58.2 Å². The van der Waals surface area contributed by atoms with Crippen molar-refractivity contribution in [2.75, 3.05) is 26.7 Å². The van der Waals surface area contributed by atoms with Crippen LogP contribution in [0.15, 0.2) is 0 Å². The molecule has 0 bridgehead atoms. The van der Waals surface area contributed by atoms with Crippen LogP contribution in [-0.2, 0) is 0 Å². The van der Waals surface area contributed by atoms with E-state index in [2.05, 4.69) is 24.2 Å². The van der Waals surface area contributed by atoms with Gasteiger partial charge in [0.25, 0.3) is 0 Å². The minimum Gasteiger partial charge on any atom is -0.317 e. The van der Waals surface area contributed by atoms with Crippen LogP contribution >= 0.6 is 0 Å². The lowest BCUT2D eigenvalue weighted by molar-refractivity contribution is 0.119. The van der Waals surface area contributed by atoms with Gasteiger partial charge in [-0.25, -0.2) is 0 Å². The molecule has 2 heterocycles. The van der Waals surface area contributed by atoms with Gasteiger partial charge < -0.3 is 10.2 Å². The van der Waals surface area contributed by atoms with Gasteiger partial charge >= 0.3 is 0 Å². The molecule has 0 amide bonds. The summed E-state index contributed by atoms with van der Waals surface area (Å²) < 4.78 is 0. The van der Waals surface area contributed by atoms with Gasteiger partial charge in [-0.05, 0) is 71.1 Å². The lowest BCUT2D eigenvalue weighted by atomic mass is 9.79. The Labute approximate surface area is 94.4 Å². The Hall–Kier alpha value is -0.0800. The van der Waals surface area contributed by atoms with E-state index in [1.54, 1.807) is 0 Å². The summed E-state index contributed by atoms with van der Waals surface area (Å²) in [5, 5.41) is 3.47. The van der Waals surface area contributed by atoms with Crippen molar-refractivity contribution in [1.82, 2.24) is 10.2 Å². The van der Waals surface area contributed by atoms with E-state index < -0.39 is 0 Å². The molecule has 2 rings (SSSR count). The second-order valence-corrected chi connectivity index (χ2v) is 5.50. The van der Waals surface area contributed by atoms with Crippen molar-refractivity contribution in [2.24, 2.45) is 5.92 Å². The predicted molar refractivity (Wildman–Crippen MR) is 65.1 cm³/mol. The Morgan fingerprint density at radius 2 is 2.07 bits per heavy atom. The average molecular weight is 210 g/mol. The van der Waals surface area contributed by atoms with Crippen molar-refractivity contribution in [3.63, 3.8) is 0 Å². The summed E-state index contributed by atoms with van der Waals surface area (Å²) >= 11 is 0. The number of rotatable bonds is 3. The number of likely N-dealkylation sites (tertiary alicyclic amines) is 1. The highest BCUT2D eigenvalue weighted by Gasteiger charge is 2.38. The normalized spacial score (nSPS) is 34.8. The molecule has 2 heteroatoms. The SMILES string of the molecule is CCC1(CC2CCNCC2)CCCN1C. The molecule has 0 aliphatic carbocycles.